The van der Waals surface area contributed by atoms with Gasteiger partial charge >= 0.3 is 0 Å². The highest BCUT2D eigenvalue weighted by atomic mass is 32.1. The van der Waals surface area contributed by atoms with Gasteiger partial charge in [0.05, 0.1) is 5.41 Å². The molecule has 0 saturated heterocycles. The molecule has 11 aromatic carbocycles. The fraction of sp³-hybridized carbons (Fsp3) is 0.0143. The average Bonchev–Trinajstić information content (AvgIpc) is 4.48. The predicted molar refractivity (Wildman–Crippen MR) is 311 cm³/mol. The monoisotopic (exact) mass is 985 g/mol. The Labute approximate surface area is 439 Å². The lowest BCUT2D eigenvalue weighted by atomic mass is 9.70. The van der Waals surface area contributed by atoms with Gasteiger partial charge < -0.3 is 8.83 Å². The van der Waals surface area contributed by atoms with Crippen molar-refractivity contribution in [1.82, 2.24) is 15.0 Å². The molecule has 0 N–H and O–H groups in total. The zero-order valence-electron chi connectivity index (χ0n) is 40.6. The van der Waals surface area contributed by atoms with Gasteiger partial charge in [0, 0.05) is 58.4 Å². The fourth-order valence-electron chi connectivity index (χ4n) is 12.9. The normalized spacial score (nSPS) is 13.1. The molecule has 0 radical (unpaired) electrons. The second-order valence-electron chi connectivity index (χ2n) is 20.1. The van der Waals surface area contributed by atoms with Crippen LogP contribution in [0.15, 0.2) is 245 Å². The van der Waals surface area contributed by atoms with E-state index >= 15 is 0 Å². The van der Waals surface area contributed by atoms with Gasteiger partial charge in [0.15, 0.2) is 17.5 Å². The van der Waals surface area contributed by atoms with Crippen LogP contribution in [0.25, 0.3) is 143 Å². The molecule has 15 aromatic rings. The molecule has 0 amide bonds. The van der Waals surface area contributed by atoms with Gasteiger partial charge in [-0.15, -0.1) is 11.3 Å². The predicted octanol–water partition coefficient (Wildman–Crippen LogP) is 18.7. The second kappa shape index (κ2) is 15.6. The minimum atomic E-state index is -0.357. The van der Waals surface area contributed by atoms with E-state index < -0.39 is 0 Å². The number of furan rings is 2. The first-order valence-corrected chi connectivity index (χ1v) is 26.5. The molecule has 2 aliphatic carbocycles. The van der Waals surface area contributed by atoms with Crippen LogP contribution in [-0.2, 0) is 5.41 Å². The van der Waals surface area contributed by atoms with Crippen molar-refractivity contribution in [2.75, 3.05) is 0 Å². The number of rotatable bonds is 5. The van der Waals surface area contributed by atoms with Crippen molar-refractivity contribution in [3.63, 3.8) is 0 Å². The topological polar surface area (TPSA) is 65.0 Å². The minimum Gasteiger partial charge on any atom is -0.456 e. The first kappa shape index (κ1) is 41.7. The Morgan fingerprint density at radius 3 is 1.51 bits per heavy atom. The number of hydrogen-bond acceptors (Lipinski definition) is 6. The SMILES string of the molecule is c1ccc2c(c1)-c1ccccc1C21c2ccccc2-c2cc(-c3ccc(-c4ccc5oc6cccc(-c7nc(-c8ccc9c(c8)oc8ccccc89)nc(-c8cccc9sc%10ccccc%10c89)n7)c6c5c4)cc3)ccc21. The molecule has 6 heteroatoms. The van der Waals surface area contributed by atoms with Crippen molar-refractivity contribution < 1.29 is 8.83 Å². The molecule has 2 aliphatic rings. The van der Waals surface area contributed by atoms with Gasteiger partial charge in [0.2, 0.25) is 0 Å². The van der Waals surface area contributed by atoms with Crippen LogP contribution < -0.4 is 0 Å². The van der Waals surface area contributed by atoms with E-state index in [0.717, 1.165) is 77.1 Å². The maximum Gasteiger partial charge on any atom is 0.164 e. The smallest absolute Gasteiger partial charge is 0.164 e. The molecule has 4 aromatic heterocycles. The standard InChI is InChI=1S/C70H39N3O2S/c1-6-20-55-45(13-1)46-14-2-7-21-56(46)70(55)57-22-8-3-15-47(57)53-37-42(32-35-58(53)70)40-27-29-41(30-28-40)43-33-36-60-54(38-43)65-51(18-11-24-61(65)74-60)68-71-67(44-31-34-49-48-16-4-9-23-59(48)75-62(49)39-44)72-69(73-68)52-19-12-26-64-66(52)50-17-5-10-25-63(50)76-64/h1-39H. The third kappa shape index (κ3) is 5.81. The lowest BCUT2D eigenvalue weighted by molar-refractivity contribution is 0.668. The van der Waals surface area contributed by atoms with Crippen LogP contribution in [0.4, 0.5) is 0 Å². The Hall–Kier alpha value is -9.75. The molecule has 1 spiro atoms. The largest absolute Gasteiger partial charge is 0.456 e. The third-order valence-electron chi connectivity index (χ3n) is 16.2. The van der Waals surface area contributed by atoms with Gasteiger partial charge in [-0.05, 0) is 121 Å². The molecule has 0 atom stereocenters. The summed E-state index contributed by atoms with van der Waals surface area (Å²) in [7, 11) is 0. The van der Waals surface area contributed by atoms with Gasteiger partial charge in [0.1, 0.15) is 22.3 Å². The van der Waals surface area contributed by atoms with Crippen molar-refractivity contribution >= 4 is 75.4 Å². The van der Waals surface area contributed by atoms with E-state index in [1.54, 1.807) is 11.3 Å². The maximum atomic E-state index is 6.64. The minimum absolute atomic E-state index is 0.357. The van der Waals surface area contributed by atoms with E-state index in [4.69, 9.17) is 23.8 Å². The quantitative estimate of drug-likeness (QED) is 0.172. The summed E-state index contributed by atoms with van der Waals surface area (Å²) in [6.45, 7) is 0. The number of fused-ring (bicyclic) bond motifs is 19. The maximum absolute atomic E-state index is 6.64. The number of aromatic nitrogens is 3. The summed E-state index contributed by atoms with van der Waals surface area (Å²) >= 11 is 1.78. The Morgan fingerprint density at radius 1 is 0.276 bits per heavy atom. The number of nitrogens with zero attached hydrogens (tertiary/aromatic N) is 3. The summed E-state index contributed by atoms with van der Waals surface area (Å²) in [5, 5.41) is 6.39. The molecule has 5 nitrogen and oxygen atoms in total. The van der Waals surface area contributed by atoms with Crippen LogP contribution in [0, 0.1) is 0 Å². The van der Waals surface area contributed by atoms with Gasteiger partial charge in [-0.1, -0.05) is 182 Å². The molecule has 0 aliphatic heterocycles. The first-order valence-electron chi connectivity index (χ1n) is 25.7. The van der Waals surface area contributed by atoms with Gasteiger partial charge in [0.25, 0.3) is 0 Å². The highest BCUT2D eigenvalue weighted by molar-refractivity contribution is 7.25. The van der Waals surface area contributed by atoms with E-state index in [1.165, 1.54) is 70.4 Å². The molecule has 76 heavy (non-hydrogen) atoms. The molecule has 17 rings (SSSR count). The summed E-state index contributed by atoms with van der Waals surface area (Å²) in [5.74, 6) is 1.73. The Kier molecular flexibility index (Phi) is 8.58. The van der Waals surface area contributed by atoms with E-state index in [1.807, 2.05) is 30.3 Å². The van der Waals surface area contributed by atoms with Crippen LogP contribution in [0.3, 0.4) is 0 Å². The Balaban J connectivity index is 0.783. The number of benzene rings is 11. The first-order chi connectivity index (χ1) is 37.6. The van der Waals surface area contributed by atoms with Gasteiger partial charge in [-0.2, -0.15) is 0 Å². The lowest BCUT2D eigenvalue weighted by Gasteiger charge is -2.30. The lowest BCUT2D eigenvalue weighted by Crippen LogP contribution is -2.25. The van der Waals surface area contributed by atoms with Crippen molar-refractivity contribution in [3.05, 3.63) is 259 Å². The van der Waals surface area contributed by atoms with Crippen LogP contribution in [0.2, 0.25) is 0 Å². The molecule has 0 saturated carbocycles. The van der Waals surface area contributed by atoms with Crippen LogP contribution >= 0.6 is 11.3 Å². The third-order valence-corrected chi connectivity index (χ3v) is 17.3. The van der Waals surface area contributed by atoms with E-state index in [9.17, 15) is 0 Å². The van der Waals surface area contributed by atoms with Gasteiger partial charge in [-0.3, -0.25) is 0 Å². The number of hydrogen-bond donors (Lipinski definition) is 0. The highest BCUT2D eigenvalue weighted by Crippen LogP contribution is 2.63. The van der Waals surface area contributed by atoms with Gasteiger partial charge in [-0.25, -0.2) is 15.0 Å². The molecule has 0 fully saturated rings. The summed E-state index contributed by atoms with van der Waals surface area (Å²) in [6, 6.07) is 85.1. The molecule has 4 heterocycles. The van der Waals surface area contributed by atoms with E-state index in [0.29, 0.717) is 17.5 Å². The van der Waals surface area contributed by atoms with E-state index in [-0.39, 0.29) is 5.41 Å². The molecule has 0 unspecified atom stereocenters. The number of thiophene rings is 1. The Bertz CT molecular complexity index is 4920. The summed E-state index contributed by atoms with van der Waals surface area (Å²) in [5.41, 5.74) is 20.7. The van der Waals surface area contributed by atoms with Crippen molar-refractivity contribution in [2.24, 2.45) is 0 Å². The van der Waals surface area contributed by atoms with Crippen LogP contribution in [0.5, 0.6) is 0 Å². The number of para-hydroxylation sites is 1. The zero-order valence-corrected chi connectivity index (χ0v) is 41.4. The highest BCUT2D eigenvalue weighted by Gasteiger charge is 2.51. The van der Waals surface area contributed by atoms with Crippen molar-refractivity contribution in [2.45, 2.75) is 5.41 Å². The molecular formula is C70H39N3O2S. The van der Waals surface area contributed by atoms with Crippen LogP contribution in [-0.4, -0.2) is 15.0 Å². The summed E-state index contributed by atoms with van der Waals surface area (Å²) in [4.78, 5) is 16.0. The van der Waals surface area contributed by atoms with Crippen LogP contribution in [0.1, 0.15) is 22.3 Å². The molecule has 352 valence electrons. The molecular weight excluding hydrogens is 947 g/mol. The fourth-order valence-corrected chi connectivity index (χ4v) is 14.0. The summed E-state index contributed by atoms with van der Waals surface area (Å²) in [6.07, 6.45) is 0. The van der Waals surface area contributed by atoms with Crippen molar-refractivity contribution in [3.8, 4) is 78.7 Å². The second-order valence-corrected chi connectivity index (χ2v) is 21.2. The average molecular weight is 986 g/mol. The Morgan fingerprint density at radius 2 is 0.763 bits per heavy atom. The zero-order chi connectivity index (χ0) is 49.6. The van der Waals surface area contributed by atoms with Crippen molar-refractivity contribution in [1.29, 1.82) is 0 Å². The molecule has 0 bridgehead atoms. The van der Waals surface area contributed by atoms with E-state index in [2.05, 4.69) is 206 Å². The summed E-state index contributed by atoms with van der Waals surface area (Å²) < 4.78 is 15.4.